The first-order valence-electron chi connectivity index (χ1n) is 5.55. The summed E-state index contributed by atoms with van der Waals surface area (Å²) in [6.45, 7) is 6.86. The van der Waals surface area contributed by atoms with Crippen LogP contribution in [0, 0.1) is 0 Å². The lowest BCUT2D eigenvalue weighted by Gasteiger charge is -2.23. The fourth-order valence-electron chi connectivity index (χ4n) is 1.47. The van der Waals surface area contributed by atoms with E-state index in [1.165, 1.54) is 0 Å². The van der Waals surface area contributed by atoms with Crippen molar-refractivity contribution in [3.05, 3.63) is 29.8 Å². The second kappa shape index (κ2) is 5.32. The molecule has 0 aliphatic rings. The number of hydrogen-bond acceptors (Lipinski definition) is 3. The molecule has 0 saturated heterocycles. The van der Waals surface area contributed by atoms with E-state index in [0.29, 0.717) is 0 Å². The van der Waals surface area contributed by atoms with Gasteiger partial charge in [0, 0.05) is 6.54 Å². The maximum atomic E-state index is 9.36. The van der Waals surface area contributed by atoms with Gasteiger partial charge in [-0.25, -0.2) is 0 Å². The monoisotopic (exact) mass is 223 g/mol. The van der Waals surface area contributed by atoms with Crippen molar-refractivity contribution in [3.63, 3.8) is 0 Å². The highest BCUT2D eigenvalue weighted by Gasteiger charge is 2.18. The highest BCUT2D eigenvalue weighted by molar-refractivity contribution is 5.38. The van der Waals surface area contributed by atoms with Gasteiger partial charge in [0.1, 0.15) is 18.5 Å². The van der Waals surface area contributed by atoms with E-state index in [2.05, 4.69) is 20.8 Å². The highest BCUT2D eigenvalue weighted by atomic mass is 16.5. The van der Waals surface area contributed by atoms with Gasteiger partial charge >= 0.3 is 0 Å². The molecule has 0 aromatic heterocycles. The third kappa shape index (κ3) is 3.51. The fourth-order valence-corrected chi connectivity index (χ4v) is 1.47. The Bertz CT molecular complexity index is 331. The summed E-state index contributed by atoms with van der Waals surface area (Å²) in [6.07, 6.45) is -0.604. The molecule has 3 heteroatoms. The molecule has 3 nitrogen and oxygen atoms in total. The number of rotatable bonds is 4. The summed E-state index contributed by atoms with van der Waals surface area (Å²) in [6, 6.07) is 7.89. The quantitative estimate of drug-likeness (QED) is 0.816. The van der Waals surface area contributed by atoms with Crippen LogP contribution in [0.25, 0.3) is 0 Å². The summed E-state index contributed by atoms with van der Waals surface area (Å²) in [5, 5.41) is 9.36. The van der Waals surface area contributed by atoms with Gasteiger partial charge in [0.05, 0.1) is 0 Å². The standard InChI is InChI=1S/C13H21NO2/c1-13(2,3)11-6-4-5-7-12(11)16-9-10(15)8-14/h4-7,10,15H,8-9,14H2,1-3H3/t10-/m0/s1. The Kier molecular flexibility index (Phi) is 4.33. The zero-order valence-corrected chi connectivity index (χ0v) is 10.2. The second-order valence-electron chi connectivity index (χ2n) is 4.95. The van der Waals surface area contributed by atoms with Crippen LogP contribution in [0.4, 0.5) is 0 Å². The normalized spacial score (nSPS) is 13.6. The molecule has 0 spiro atoms. The molecule has 0 radical (unpaired) electrons. The van der Waals surface area contributed by atoms with Crippen LogP contribution >= 0.6 is 0 Å². The largest absolute Gasteiger partial charge is 0.491 e. The topological polar surface area (TPSA) is 55.5 Å². The van der Waals surface area contributed by atoms with Crippen LogP contribution in [0.15, 0.2) is 24.3 Å². The van der Waals surface area contributed by atoms with E-state index in [1.54, 1.807) is 0 Å². The van der Waals surface area contributed by atoms with Crippen LogP contribution in [0.2, 0.25) is 0 Å². The average Bonchev–Trinajstić information content (AvgIpc) is 2.25. The first-order chi connectivity index (χ1) is 7.45. The minimum atomic E-state index is -0.604. The molecule has 0 amide bonds. The van der Waals surface area contributed by atoms with E-state index in [-0.39, 0.29) is 18.6 Å². The molecular formula is C13H21NO2. The van der Waals surface area contributed by atoms with Crippen molar-refractivity contribution in [1.82, 2.24) is 0 Å². The van der Waals surface area contributed by atoms with Crippen molar-refractivity contribution < 1.29 is 9.84 Å². The number of ether oxygens (including phenoxy) is 1. The summed E-state index contributed by atoms with van der Waals surface area (Å²) in [4.78, 5) is 0. The lowest BCUT2D eigenvalue weighted by atomic mass is 9.86. The minimum absolute atomic E-state index is 0.0320. The van der Waals surface area contributed by atoms with Gasteiger partial charge in [-0.15, -0.1) is 0 Å². The van der Waals surface area contributed by atoms with Gasteiger partial charge < -0.3 is 15.6 Å². The van der Waals surface area contributed by atoms with Crippen LogP contribution in [-0.4, -0.2) is 24.4 Å². The Morgan fingerprint density at radius 1 is 1.31 bits per heavy atom. The van der Waals surface area contributed by atoms with Crippen molar-refractivity contribution in [2.24, 2.45) is 5.73 Å². The Morgan fingerprint density at radius 3 is 2.50 bits per heavy atom. The summed E-state index contributed by atoms with van der Waals surface area (Å²) in [5.41, 5.74) is 6.50. The predicted octanol–water partition coefficient (Wildman–Crippen LogP) is 1.68. The summed E-state index contributed by atoms with van der Waals surface area (Å²) in [5.74, 6) is 0.822. The predicted molar refractivity (Wildman–Crippen MR) is 65.7 cm³/mol. The summed E-state index contributed by atoms with van der Waals surface area (Å²) >= 11 is 0. The summed E-state index contributed by atoms with van der Waals surface area (Å²) < 4.78 is 5.59. The van der Waals surface area contributed by atoms with Crippen LogP contribution in [-0.2, 0) is 5.41 Å². The molecule has 0 aliphatic carbocycles. The van der Waals surface area contributed by atoms with Gasteiger partial charge in [-0.05, 0) is 17.0 Å². The molecular weight excluding hydrogens is 202 g/mol. The van der Waals surface area contributed by atoms with Gasteiger partial charge in [0.15, 0.2) is 0 Å². The maximum Gasteiger partial charge on any atom is 0.123 e. The van der Waals surface area contributed by atoms with Gasteiger partial charge in [0.25, 0.3) is 0 Å². The van der Waals surface area contributed by atoms with Crippen molar-refractivity contribution >= 4 is 0 Å². The van der Waals surface area contributed by atoms with Crippen LogP contribution in [0.1, 0.15) is 26.3 Å². The van der Waals surface area contributed by atoms with E-state index in [0.717, 1.165) is 11.3 Å². The van der Waals surface area contributed by atoms with Gasteiger partial charge in [-0.2, -0.15) is 0 Å². The van der Waals surface area contributed by atoms with E-state index in [1.807, 2.05) is 24.3 Å². The lowest BCUT2D eigenvalue weighted by molar-refractivity contribution is 0.113. The number of aliphatic hydroxyl groups is 1. The molecule has 16 heavy (non-hydrogen) atoms. The van der Waals surface area contributed by atoms with Crippen molar-refractivity contribution in [2.75, 3.05) is 13.2 Å². The number of nitrogens with two attached hydrogens (primary N) is 1. The Labute approximate surface area is 97.2 Å². The van der Waals surface area contributed by atoms with E-state index in [4.69, 9.17) is 10.5 Å². The molecule has 0 saturated carbocycles. The molecule has 1 aromatic carbocycles. The second-order valence-corrected chi connectivity index (χ2v) is 4.95. The third-order valence-electron chi connectivity index (χ3n) is 2.40. The highest BCUT2D eigenvalue weighted by Crippen LogP contribution is 2.30. The first-order valence-corrected chi connectivity index (χ1v) is 5.55. The Hall–Kier alpha value is -1.06. The first kappa shape index (κ1) is 13.0. The number of hydrogen-bond donors (Lipinski definition) is 2. The number of benzene rings is 1. The third-order valence-corrected chi connectivity index (χ3v) is 2.40. The van der Waals surface area contributed by atoms with E-state index >= 15 is 0 Å². The summed E-state index contributed by atoms with van der Waals surface area (Å²) in [7, 11) is 0. The van der Waals surface area contributed by atoms with Gasteiger partial charge in [-0.3, -0.25) is 0 Å². The molecule has 0 bridgehead atoms. The van der Waals surface area contributed by atoms with Crippen LogP contribution in [0.3, 0.4) is 0 Å². The smallest absolute Gasteiger partial charge is 0.123 e. The molecule has 90 valence electrons. The molecule has 0 aliphatic heterocycles. The Morgan fingerprint density at radius 2 is 1.94 bits per heavy atom. The molecule has 1 aromatic rings. The molecule has 0 unspecified atom stereocenters. The Balaban J connectivity index is 2.80. The lowest BCUT2D eigenvalue weighted by Crippen LogP contribution is -2.27. The van der Waals surface area contributed by atoms with Crippen molar-refractivity contribution in [3.8, 4) is 5.75 Å². The van der Waals surface area contributed by atoms with E-state index < -0.39 is 6.10 Å². The number of aliphatic hydroxyl groups excluding tert-OH is 1. The average molecular weight is 223 g/mol. The maximum absolute atomic E-state index is 9.36. The SMILES string of the molecule is CC(C)(C)c1ccccc1OC[C@@H](O)CN. The van der Waals surface area contributed by atoms with Crippen molar-refractivity contribution in [2.45, 2.75) is 32.3 Å². The molecule has 0 fully saturated rings. The molecule has 3 N–H and O–H groups in total. The van der Waals surface area contributed by atoms with Gasteiger partial charge in [0.2, 0.25) is 0 Å². The molecule has 0 heterocycles. The molecule has 1 rings (SSSR count). The zero-order chi connectivity index (χ0) is 12.2. The van der Waals surface area contributed by atoms with Crippen molar-refractivity contribution in [1.29, 1.82) is 0 Å². The van der Waals surface area contributed by atoms with E-state index in [9.17, 15) is 5.11 Å². The van der Waals surface area contributed by atoms with Crippen LogP contribution in [0.5, 0.6) is 5.75 Å². The zero-order valence-electron chi connectivity index (χ0n) is 10.2. The minimum Gasteiger partial charge on any atom is -0.491 e. The fraction of sp³-hybridized carbons (Fsp3) is 0.538. The molecule has 1 atom stereocenters. The van der Waals surface area contributed by atoms with Crippen LogP contribution < -0.4 is 10.5 Å². The van der Waals surface area contributed by atoms with Gasteiger partial charge in [-0.1, -0.05) is 39.0 Å². The number of para-hydroxylation sites is 1.